The number of hydrogen-bond acceptors (Lipinski definition) is 2. The monoisotopic (exact) mass is 351 g/mol. The van der Waals surface area contributed by atoms with Crippen LogP contribution in [0.15, 0.2) is 0 Å². The highest BCUT2D eigenvalue weighted by Crippen LogP contribution is 2.31. The second kappa shape index (κ2) is 11.9. The number of epoxide rings is 1. The van der Waals surface area contributed by atoms with E-state index in [1.165, 1.54) is 77.0 Å². The van der Waals surface area contributed by atoms with Crippen molar-refractivity contribution in [2.24, 2.45) is 11.8 Å². The first-order chi connectivity index (χ1) is 12.2. The van der Waals surface area contributed by atoms with Crippen LogP contribution in [0.3, 0.4) is 0 Å². The summed E-state index contributed by atoms with van der Waals surface area (Å²) in [6.07, 6.45) is 17.4. The number of amides is 1. The van der Waals surface area contributed by atoms with Crippen molar-refractivity contribution in [2.75, 3.05) is 19.7 Å². The Balaban J connectivity index is 1.67. The molecule has 25 heavy (non-hydrogen) atoms. The Hall–Kier alpha value is -0.570. The molecule has 146 valence electrons. The van der Waals surface area contributed by atoms with Crippen molar-refractivity contribution in [1.82, 2.24) is 4.90 Å². The fraction of sp³-hybridized carbons (Fsp3) is 0.955. The molecule has 3 nitrogen and oxygen atoms in total. The third-order valence-electron chi connectivity index (χ3n) is 6.17. The van der Waals surface area contributed by atoms with Crippen molar-refractivity contribution < 1.29 is 9.53 Å². The van der Waals surface area contributed by atoms with Crippen LogP contribution in [-0.4, -0.2) is 36.6 Å². The minimum atomic E-state index is 0.202. The van der Waals surface area contributed by atoms with Crippen LogP contribution in [-0.2, 0) is 9.53 Å². The van der Waals surface area contributed by atoms with Gasteiger partial charge in [0.15, 0.2) is 0 Å². The summed E-state index contributed by atoms with van der Waals surface area (Å²) in [6.45, 7) is 7.05. The lowest BCUT2D eigenvalue weighted by molar-refractivity contribution is -0.137. The molecule has 0 spiro atoms. The number of nitrogens with zero attached hydrogens (tertiary/aromatic N) is 1. The minimum Gasteiger partial charge on any atom is -0.371 e. The van der Waals surface area contributed by atoms with Crippen molar-refractivity contribution in [3.05, 3.63) is 0 Å². The molecule has 1 aliphatic heterocycles. The molecule has 1 saturated heterocycles. The van der Waals surface area contributed by atoms with Gasteiger partial charge in [-0.15, -0.1) is 0 Å². The summed E-state index contributed by atoms with van der Waals surface area (Å²) in [5.74, 6) is 1.21. The van der Waals surface area contributed by atoms with E-state index in [0.29, 0.717) is 17.9 Å². The lowest BCUT2D eigenvalue weighted by Crippen LogP contribution is -2.41. The molecule has 2 unspecified atom stereocenters. The van der Waals surface area contributed by atoms with Gasteiger partial charge in [-0.3, -0.25) is 4.79 Å². The molecular formula is C22H41NO2. The summed E-state index contributed by atoms with van der Waals surface area (Å²) in [6, 6.07) is 0. The molecule has 3 heteroatoms. The Labute approximate surface area is 155 Å². The van der Waals surface area contributed by atoms with Crippen LogP contribution in [0.2, 0.25) is 0 Å². The zero-order valence-electron chi connectivity index (χ0n) is 16.8. The van der Waals surface area contributed by atoms with Gasteiger partial charge < -0.3 is 9.64 Å². The highest BCUT2D eigenvalue weighted by atomic mass is 16.6. The van der Waals surface area contributed by atoms with E-state index in [1.54, 1.807) is 0 Å². The summed E-state index contributed by atoms with van der Waals surface area (Å²) in [5.41, 5.74) is 0. The van der Waals surface area contributed by atoms with Crippen molar-refractivity contribution in [1.29, 1.82) is 0 Å². The van der Waals surface area contributed by atoms with Crippen LogP contribution in [0.4, 0.5) is 0 Å². The molecule has 1 aliphatic carbocycles. The van der Waals surface area contributed by atoms with E-state index in [-0.39, 0.29) is 5.92 Å². The largest absolute Gasteiger partial charge is 0.371 e. The third-order valence-corrected chi connectivity index (χ3v) is 6.17. The predicted octanol–water partition coefficient (Wildman–Crippen LogP) is 5.57. The molecule has 1 heterocycles. The van der Waals surface area contributed by atoms with Gasteiger partial charge in [-0.2, -0.15) is 0 Å². The van der Waals surface area contributed by atoms with E-state index in [0.717, 1.165) is 26.1 Å². The van der Waals surface area contributed by atoms with E-state index < -0.39 is 0 Å². The van der Waals surface area contributed by atoms with Gasteiger partial charge in [0.05, 0.1) is 12.7 Å². The second-order valence-electron chi connectivity index (χ2n) is 8.40. The Morgan fingerprint density at radius 2 is 1.60 bits per heavy atom. The van der Waals surface area contributed by atoms with E-state index in [2.05, 4.69) is 18.7 Å². The quantitative estimate of drug-likeness (QED) is 0.321. The average molecular weight is 352 g/mol. The first-order valence-electron chi connectivity index (χ1n) is 11.1. The van der Waals surface area contributed by atoms with Crippen LogP contribution in [0.5, 0.6) is 0 Å². The Bertz CT molecular complexity index is 361. The predicted molar refractivity (Wildman–Crippen MR) is 105 cm³/mol. The van der Waals surface area contributed by atoms with Crippen LogP contribution in [0, 0.1) is 11.8 Å². The Morgan fingerprint density at radius 1 is 1.00 bits per heavy atom. The van der Waals surface area contributed by atoms with Gasteiger partial charge in [0.2, 0.25) is 5.91 Å². The standard InChI is InChI=1S/C22H41NO2/c1-3-4-5-6-7-8-9-13-16-23(17-21-18-25-21)22(24)19(2)20-14-11-10-12-15-20/h19-21H,3-18H2,1-2H3. The molecule has 0 radical (unpaired) electrons. The van der Waals surface area contributed by atoms with Gasteiger partial charge in [0, 0.05) is 19.0 Å². The minimum absolute atomic E-state index is 0.202. The first-order valence-corrected chi connectivity index (χ1v) is 11.1. The van der Waals surface area contributed by atoms with Crippen LogP contribution in [0.25, 0.3) is 0 Å². The molecule has 2 aliphatic rings. The van der Waals surface area contributed by atoms with Crippen LogP contribution in [0.1, 0.15) is 97.3 Å². The molecular weight excluding hydrogens is 310 g/mol. The van der Waals surface area contributed by atoms with Crippen molar-refractivity contribution in [3.8, 4) is 0 Å². The summed E-state index contributed by atoms with van der Waals surface area (Å²) >= 11 is 0. The highest BCUT2D eigenvalue weighted by molar-refractivity contribution is 5.78. The van der Waals surface area contributed by atoms with Crippen molar-refractivity contribution >= 4 is 5.91 Å². The molecule has 0 aromatic carbocycles. The van der Waals surface area contributed by atoms with E-state index >= 15 is 0 Å². The molecule has 0 aromatic rings. The van der Waals surface area contributed by atoms with Gasteiger partial charge in [0.25, 0.3) is 0 Å². The molecule has 2 fully saturated rings. The van der Waals surface area contributed by atoms with Crippen molar-refractivity contribution in [3.63, 3.8) is 0 Å². The highest BCUT2D eigenvalue weighted by Gasteiger charge is 2.32. The van der Waals surface area contributed by atoms with Crippen molar-refractivity contribution in [2.45, 2.75) is 103 Å². The first kappa shape index (κ1) is 20.7. The van der Waals surface area contributed by atoms with Gasteiger partial charge in [-0.1, -0.05) is 78.1 Å². The summed E-state index contributed by atoms with van der Waals surface area (Å²) < 4.78 is 5.40. The fourth-order valence-corrected chi connectivity index (χ4v) is 4.27. The number of unbranched alkanes of at least 4 members (excludes halogenated alkanes) is 7. The van der Waals surface area contributed by atoms with Gasteiger partial charge in [-0.25, -0.2) is 0 Å². The SMILES string of the molecule is CCCCCCCCCCN(CC1CO1)C(=O)C(C)C1CCCCC1. The molecule has 0 bridgehead atoms. The number of ether oxygens (including phenoxy) is 1. The second-order valence-corrected chi connectivity index (χ2v) is 8.40. The smallest absolute Gasteiger partial charge is 0.225 e. The maximum Gasteiger partial charge on any atom is 0.225 e. The number of carbonyl (C=O) groups excluding carboxylic acids is 1. The molecule has 2 rings (SSSR count). The van der Waals surface area contributed by atoms with Crippen LogP contribution < -0.4 is 0 Å². The third kappa shape index (κ3) is 8.11. The van der Waals surface area contributed by atoms with Gasteiger partial charge >= 0.3 is 0 Å². The topological polar surface area (TPSA) is 32.8 Å². The van der Waals surface area contributed by atoms with E-state index in [1.807, 2.05) is 0 Å². The average Bonchev–Trinajstić information content (AvgIpc) is 3.46. The lowest BCUT2D eigenvalue weighted by atomic mass is 9.80. The Kier molecular flexibility index (Phi) is 9.90. The van der Waals surface area contributed by atoms with Crippen LogP contribution >= 0.6 is 0 Å². The molecule has 1 amide bonds. The number of carbonyl (C=O) groups is 1. The van der Waals surface area contributed by atoms with Gasteiger partial charge in [0.1, 0.15) is 0 Å². The molecule has 2 atom stereocenters. The van der Waals surface area contributed by atoms with Gasteiger partial charge in [-0.05, 0) is 25.2 Å². The normalized spacial score (nSPS) is 21.9. The summed E-state index contributed by atoms with van der Waals surface area (Å²) in [7, 11) is 0. The molecule has 1 saturated carbocycles. The zero-order valence-corrected chi connectivity index (χ0v) is 16.8. The fourth-order valence-electron chi connectivity index (χ4n) is 4.27. The maximum atomic E-state index is 13.0. The number of hydrogen-bond donors (Lipinski definition) is 0. The lowest BCUT2D eigenvalue weighted by Gasteiger charge is -2.31. The Morgan fingerprint density at radius 3 is 2.20 bits per heavy atom. The molecule has 0 N–H and O–H groups in total. The summed E-state index contributed by atoms with van der Waals surface area (Å²) in [4.78, 5) is 15.1. The zero-order chi connectivity index (χ0) is 17.9. The maximum absolute atomic E-state index is 13.0. The molecule has 0 aromatic heterocycles. The number of rotatable bonds is 13. The van der Waals surface area contributed by atoms with E-state index in [9.17, 15) is 4.79 Å². The summed E-state index contributed by atoms with van der Waals surface area (Å²) in [5, 5.41) is 0. The van der Waals surface area contributed by atoms with E-state index in [4.69, 9.17) is 4.74 Å².